The summed E-state index contributed by atoms with van der Waals surface area (Å²) in [6.07, 6.45) is 6.44. The number of carbonyl (C=O) groups excluding carboxylic acids is 2. The normalized spacial score (nSPS) is 21.4. The predicted molar refractivity (Wildman–Crippen MR) is 279 cm³/mol. The molecule has 1 N–H and O–H groups in total. The van der Waals surface area contributed by atoms with Gasteiger partial charge in [0.1, 0.15) is 23.7 Å². The van der Waals surface area contributed by atoms with Crippen molar-refractivity contribution in [2.24, 2.45) is 17.9 Å². The Morgan fingerprint density at radius 3 is 2.30 bits per heavy atom. The van der Waals surface area contributed by atoms with Gasteiger partial charge in [0.25, 0.3) is 12.3 Å². The Morgan fingerprint density at radius 1 is 0.932 bits per heavy atom. The second-order valence-corrected chi connectivity index (χ2v) is 22.4. The van der Waals surface area contributed by atoms with Crippen LogP contribution in [0.15, 0.2) is 67.0 Å². The average Bonchev–Trinajstić information content (AvgIpc) is 4.02. The molecular weight excluding hydrogens is 943 g/mol. The molecule has 17 heteroatoms. The zero-order chi connectivity index (χ0) is 52.3. The van der Waals surface area contributed by atoms with E-state index in [9.17, 15) is 23.6 Å². The fourth-order valence-electron chi connectivity index (χ4n) is 13.2. The average molecular weight is 1010 g/mol. The molecule has 2 amide bonds. The molecule has 3 fully saturated rings. The summed E-state index contributed by atoms with van der Waals surface area (Å²) in [6.45, 7) is 16.0. The van der Waals surface area contributed by atoms with Gasteiger partial charge < -0.3 is 39.1 Å². The highest BCUT2D eigenvalue weighted by atomic mass is 19.3. The van der Waals surface area contributed by atoms with Crippen LogP contribution in [0.25, 0.3) is 11.1 Å². The van der Waals surface area contributed by atoms with E-state index in [4.69, 9.17) is 19.3 Å². The van der Waals surface area contributed by atoms with Crippen molar-refractivity contribution in [2.75, 3.05) is 69.8 Å². The number of aryl methyl sites for hydroxylation is 2. The lowest BCUT2D eigenvalue weighted by molar-refractivity contribution is -0.164. The van der Waals surface area contributed by atoms with Gasteiger partial charge in [-0.1, -0.05) is 27.7 Å². The lowest BCUT2D eigenvalue weighted by Gasteiger charge is -2.63. The number of piperidine rings is 2. The van der Waals surface area contributed by atoms with E-state index >= 15 is 0 Å². The van der Waals surface area contributed by atoms with Crippen LogP contribution in [0.3, 0.4) is 0 Å². The number of aromatic nitrogens is 4. The zero-order valence-electron chi connectivity index (χ0n) is 44.1. The number of carbonyl (C=O) groups is 2. The molecule has 1 aliphatic carbocycles. The van der Waals surface area contributed by atoms with E-state index in [2.05, 4.69) is 63.6 Å². The van der Waals surface area contributed by atoms with Crippen molar-refractivity contribution in [1.29, 1.82) is 5.26 Å². The number of fused-ring (bicyclic) bond motifs is 2. The fourth-order valence-corrected chi connectivity index (χ4v) is 13.2. The molecule has 5 aliphatic rings. The number of alkyl halides is 2. The smallest absolute Gasteiger partial charge is 0.264 e. The molecule has 0 bridgehead atoms. The minimum atomic E-state index is -2.67. The molecule has 10 rings (SSSR count). The summed E-state index contributed by atoms with van der Waals surface area (Å²) in [5.74, 6) is 1.75. The molecule has 3 aromatic carbocycles. The summed E-state index contributed by atoms with van der Waals surface area (Å²) in [6, 6.07) is 18.9. The second kappa shape index (κ2) is 20.0. The lowest BCUT2D eigenvalue weighted by atomic mass is 9.49. The van der Waals surface area contributed by atoms with Crippen LogP contribution in [0.2, 0.25) is 0 Å². The molecule has 2 saturated heterocycles. The predicted octanol–water partition coefficient (Wildman–Crippen LogP) is 9.02. The van der Waals surface area contributed by atoms with Crippen molar-refractivity contribution < 1.29 is 32.6 Å². The van der Waals surface area contributed by atoms with Gasteiger partial charge in [0, 0.05) is 142 Å². The standard InChI is InChI=1S/C57H70F2N10O5/c1-36(70)67-25-19-47-46(34-67)51(68-22-9-10-38-28-44(40-32-61-64(6)33-40)45(50(58)59)30-48(38)68)63-69(47)42-17-23-65(24-18-42)35-57(73-8)20-26-66(27-21-57)41-14-11-37(12-15-41)52(71)62-53-55(2,3)54(56(53,4)5)74-43-16-13-39(31-60)49(29-43)72-7/h11-16,28-30,32-33,42,50,53-54H,9-10,17-27,34-35H2,1-8H3,(H,62,71). The Morgan fingerprint density at radius 2 is 1.66 bits per heavy atom. The molecule has 2 aromatic heterocycles. The maximum atomic E-state index is 14.8. The van der Waals surface area contributed by atoms with Crippen LogP contribution < -0.4 is 24.6 Å². The van der Waals surface area contributed by atoms with Gasteiger partial charge in [-0.2, -0.15) is 15.5 Å². The van der Waals surface area contributed by atoms with Crippen LogP contribution in [0.4, 0.5) is 26.0 Å². The van der Waals surface area contributed by atoms with Gasteiger partial charge in [0.15, 0.2) is 5.82 Å². The molecule has 392 valence electrons. The van der Waals surface area contributed by atoms with Crippen molar-refractivity contribution in [3.8, 4) is 28.7 Å². The number of anilines is 3. The number of benzene rings is 3. The number of rotatable bonds is 13. The quantitative estimate of drug-likeness (QED) is 0.121. The van der Waals surface area contributed by atoms with Gasteiger partial charge in [0.2, 0.25) is 5.91 Å². The number of hydrogen-bond acceptors (Lipinski definition) is 11. The Bertz CT molecular complexity index is 2930. The second-order valence-electron chi connectivity index (χ2n) is 22.4. The Balaban J connectivity index is 0.766. The van der Waals surface area contributed by atoms with Crippen molar-refractivity contribution in [3.05, 3.63) is 101 Å². The highest BCUT2D eigenvalue weighted by Crippen LogP contribution is 2.56. The third-order valence-corrected chi connectivity index (χ3v) is 17.1. The maximum absolute atomic E-state index is 14.8. The number of ether oxygens (including phenoxy) is 3. The minimum absolute atomic E-state index is 0.0164. The minimum Gasteiger partial charge on any atom is -0.495 e. The van der Waals surface area contributed by atoms with E-state index in [1.54, 1.807) is 55.3 Å². The van der Waals surface area contributed by atoms with E-state index in [0.29, 0.717) is 59.8 Å². The van der Waals surface area contributed by atoms with Gasteiger partial charge in [-0.05, 0) is 98.2 Å². The van der Waals surface area contributed by atoms with E-state index in [0.717, 1.165) is 105 Å². The van der Waals surface area contributed by atoms with Gasteiger partial charge in [-0.25, -0.2) is 8.78 Å². The van der Waals surface area contributed by atoms with Crippen LogP contribution >= 0.6 is 0 Å². The zero-order valence-corrected chi connectivity index (χ0v) is 44.1. The SMILES string of the molecule is COc1cc(OC2C(C)(C)C(NC(=O)c3ccc(N4CCC(CN5CCC(n6nc(N7CCCc8cc(-c9cnn(C)c9)c(C(F)F)cc87)c7c6CCN(C(C)=O)C7)CC5)(OC)CC4)cc3)C2(C)C)ccc1C#N. The first-order chi connectivity index (χ1) is 35.4. The Labute approximate surface area is 433 Å². The van der Waals surface area contributed by atoms with E-state index < -0.39 is 6.43 Å². The largest absolute Gasteiger partial charge is 0.495 e. The summed E-state index contributed by atoms with van der Waals surface area (Å²) in [5, 5.41) is 22.4. The molecule has 0 atom stereocenters. The maximum Gasteiger partial charge on any atom is 0.264 e. The number of nitrogens with zero attached hydrogens (tertiary/aromatic N) is 9. The summed E-state index contributed by atoms with van der Waals surface area (Å²) in [5.41, 5.74) is 6.20. The molecule has 15 nitrogen and oxygen atoms in total. The first kappa shape index (κ1) is 51.0. The van der Waals surface area contributed by atoms with Crippen LogP contribution in [-0.4, -0.2) is 119 Å². The number of methoxy groups -OCH3 is 2. The first-order valence-electron chi connectivity index (χ1n) is 26.2. The number of halogens is 2. The van der Waals surface area contributed by atoms with E-state index in [1.807, 2.05) is 42.3 Å². The molecule has 74 heavy (non-hydrogen) atoms. The van der Waals surface area contributed by atoms with Gasteiger partial charge in [0.05, 0.1) is 37.1 Å². The number of nitriles is 1. The van der Waals surface area contributed by atoms with Gasteiger partial charge in [-0.15, -0.1) is 0 Å². The van der Waals surface area contributed by atoms with Crippen LogP contribution in [0, 0.1) is 22.2 Å². The highest BCUT2D eigenvalue weighted by Gasteiger charge is 2.64. The summed E-state index contributed by atoms with van der Waals surface area (Å²) < 4.78 is 51.8. The lowest BCUT2D eigenvalue weighted by Crippen LogP contribution is -2.74. The monoisotopic (exact) mass is 1010 g/mol. The van der Waals surface area contributed by atoms with Crippen molar-refractivity contribution in [2.45, 2.75) is 116 Å². The molecule has 0 unspecified atom stereocenters. The molecular formula is C57H70F2N10O5. The van der Waals surface area contributed by atoms with Crippen molar-refractivity contribution >= 4 is 29.0 Å². The Kier molecular flexibility index (Phi) is 13.8. The third-order valence-electron chi connectivity index (χ3n) is 17.1. The van der Waals surface area contributed by atoms with Crippen molar-refractivity contribution in [1.82, 2.24) is 34.7 Å². The molecule has 0 radical (unpaired) electrons. The van der Waals surface area contributed by atoms with Gasteiger partial charge in [-0.3, -0.25) is 19.0 Å². The van der Waals surface area contributed by atoms with Crippen molar-refractivity contribution in [3.63, 3.8) is 0 Å². The van der Waals surface area contributed by atoms with Crippen LogP contribution in [-0.2, 0) is 36.0 Å². The highest BCUT2D eigenvalue weighted by molar-refractivity contribution is 5.95. The number of hydrogen-bond donors (Lipinski definition) is 1. The summed E-state index contributed by atoms with van der Waals surface area (Å²) in [4.78, 5) is 35.4. The van der Waals surface area contributed by atoms with Crippen LogP contribution in [0.1, 0.15) is 117 Å². The summed E-state index contributed by atoms with van der Waals surface area (Å²) >= 11 is 0. The molecule has 5 aromatic rings. The number of nitrogens with one attached hydrogen (secondary N) is 1. The molecule has 0 spiro atoms. The Hall–Kier alpha value is -6.51. The summed E-state index contributed by atoms with van der Waals surface area (Å²) in [7, 11) is 5.16. The number of amides is 2. The van der Waals surface area contributed by atoms with Crippen LogP contribution in [0.5, 0.6) is 11.5 Å². The number of likely N-dealkylation sites (tertiary alicyclic amines) is 1. The topological polar surface area (TPSA) is 146 Å². The molecule has 1 saturated carbocycles. The van der Waals surface area contributed by atoms with E-state index in [-0.39, 0.29) is 52.0 Å². The third kappa shape index (κ3) is 9.37. The molecule has 4 aliphatic heterocycles. The fraction of sp³-hybridized carbons (Fsp3) is 0.526. The van der Waals surface area contributed by atoms with Gasteiger partial charge >= 0.3 is 0 Å². The van der Waals surface area contributed by atoms with E-state index in [1.165, 1.54) is 7.11 Å². The molecule has 6 heterocycles. The first-order valence-corrected chi connectivity index (χ1v) is 26.2.